The van der Waals surface area contributed by atoms with E-state index in [1.165, 1.54) is 12.5 Å². The molecule has 3 aromatic rings. The normalized spacial score (nSPS) is 11.5. The van der Waals surface area contributed by atoms with Gasteiger partial charge in [-0.1, -0.05) is 23.8 Å². The molecule has 0 aliphatic rings. The van der Waals surface area contributed by atoms with Crippen molar-refractivity contribution in [2.45, 2.75) is 19.0 Å². The summed E-state index contributed by atoms with van der Waals surface area (Å²) in [6, 6.07) is 12.6. The van der Waals surface area contributed by atoms with Crippen LogP contribution in [0.3, 0.4) is 0 Å². The van der Waals surface area contributed by atoms with Gasteiger partial charge in [-0.15, -0.1) is 0 Å². The molecule has 160 valence electrons. The van der Waals surface area contributed by atoms with E-state index >= 15 is 0 Å². The number of aryl methyl sites for hydroxylation is 2. The largest absolute Gasteiger partial charge is 0.609 e. The monoisotopic (exact) mass is 437 g/mol. The minimum Gasteiger partial charge on any atom is -0.609 e. The Bertz CT molecular complexity index is 1130. The van der Waals surface area contributed by atoms with E-state index in [2.05, 4.69) is 25.9 Å². The number of nitrogens with one attached hydrogen (secondary N) is 3. The zero-order valence-electron chi connectivity index (χ0n) is 17.6. The van der Waals surface area contributed by atoms with E-state index in [9.17, 15) is 14.1 Å². The molecule has 0 saturated carbocycles. The van der Waals surface area contributed by atoms with Crippen LogP contribution in [0.2, 0.25) is 0 Å². The fourth-order valence-electron chi connectivity index (χ4n) is 2.87. The maximum absolute atomic E-state index is 12.8. The van der Waals surface area contributed by atoms with Gasteiger partial charge in [-0.3, -0.25) is 9.59 Å². The van der Waals surface area contributed by atoms with Crippen molar-refractivity contribution in [3.63, 3.8) is 0 Å². The SMILES string of the molecule is CNc1nc([S+](C)[O-])ncc1C(=O)Nc1cc(NC(=O)c2cccc(C)c2)ccc1C. The third-order valence-electron chi connectivity index (χ3n) is 4.53. The maximum atomic E-state index is 12.8. The van der Waals surface area contributed by atoms with Crippen LogP contribution in [-0.4, -0.2) is 39.6 Å². The summed E-state index contributed by atoms with van der Waals surface area (Å²) in [6.45, 7) is 3.77. The molecule has 0 fully saturated rings. The first kappa shape index (κ1) is 22.3. The van der Waals surface area contributed by atoms with Gasteiger partial charge in [-0.05, 0) is 43.7 Å². The average Bonchev–Trinajstić information content (AvgIpc) is 2.75. The van der Waals surface area contributed by atoms with Crippen molar-refractivity contribution in [1.82, 2.24) is 9.97 Å². The molecule has 31 heavy (non-hydrogen) atoms. The van der Waals surface area contributed by atoms with Crippen molar-refractivity contribution in [2.75, 3.05) is 29.3 Å². The summed E-state index contributed by atoms with van der Waals surface area (Å²) in [4.78, 5) is 33.5. The highest BCUT2D eigenvalue weighted by atomic mass is 32.2. The topological polar surface area (TPSA) is 119 Å². The molecule has 0 spiro atoms. The van der Waals surface area contributed by atoms with E-state index in [1.54, 1.807) is 37.4 Å². The van der Waals surface area contributed by atoms with Gasteiger partial charge < -0.3 is 20.5 Å². The summed E-state index contributed by atoms with van der Waals surface area (Å²) in [5, 5.41) is 8.64. The van der Waals surface area contributed by atoms with E-state index < -0.39 is 17.1 Å². The fraction of sp³-hybridized carbons (Fsp3) is 0.182. The predicted molar refractivity (Wildman–Crippen MR) is 122 cm³/mol. The number of benzene rings is 2. The van der Waals surface area contributed by atoms with Crippen molar-refractivity contribution in [2.24, 2.45) is 0 Å². The average molecular weight is 438 g/mol. The second-order valence-electron chi connectivity index (χ2n) is 6.93. The molecule has 1 atom stereocenters. The number of carbonyl (C=O) groups is 2. The Kier molecular flexibility index (Phi) is 6.88. The summed E-state index contributed by atoms with van der Waals surface area (Å²) in [5.41, 5.74) is 3.66. The molecule has 1 unspecified atom stereocenters. The van der Waals surface area contributed by atoms with Crippen LogP contribution >= 0.6 is 0 Å². The van der Waals surface area contributed by atoms with Gasteiger partial charge in [0.15, 0.2) is 0 Å². The number of rotatable bonds is 6. The summed E-state index contributed by atoms with van der Waals surface area (Å²) >= 11 is -1.36. The van der Waals surface area contributed by atoms with Crippen molar-refractivity contribution >= 4 is 40.2 Å². The number of amides is 2. The van der Waals surface area contributed by atoms with Gasteiger partial charge in [0.05, 0.1) is 6.20 Å². The summed E-state index contributed by atoms with van der Waals surface area (Å²) in [6.07, 6.45) is 2.80. The lowest BCUT2D eigenvalue weighted by molar-refractivity contribution is 0.101. The summed E-state index contributed by atoms with van der Waals surface area (Å²) in [5.74, 6) is -0.388. The van der Waals surface area contributed by atoms with E-state index in [0.717, 1.165) is 11.1 Å². The summed E-state index contributed by atoms with van der Waals surface area (Å²) in [7, 11) is 1.62. The molecule has 8 nitrogen and oxygen atoms in total. The van der Waals surface area contributed by atoms with Gasteiger partial charge in [0.1, 0.15) is 17.6 Å². The molecule has 0 aliphatic carbocycles. The van der Waals surface area contributed by atoms with Crippen LogP contribution in [0.4, 0.5) is 17.2 Å². The Hall–Kier alpha value is -3.43. The van der Waals surface area contributed by atoms with Gasteiger partial charge in [-0.25, -0.2) is 0 Å². The first-order chi connectivity index (χ1) is 14.8. The van der Waals surface area contributed by atoms with Crippen LogP contribution in [0, 0.1) is 13.8 Å². The number of hydrogen-bond donors (Lipinski definition) is 3. The third-order valence-corrected chi connectivity index (χ3v) is 5.24. The maximum Gasteiger partial charge on any atom is 0.344 e. The minimum absolute atomic E-state index is 0.137. The molecular formula is C22H23N5O3S. The van der Waals surface area contributed by atoms with Crippen molar-refractivity contribution < 1.29 is 14.1 Å². The number of nitrogens with zero attached hydrogens (tertiary/aromatic N) is 2. The highest BCUT2D eigenvalue weighted by Gasteiger charge is 2.18. The number of anilines is 3. The van der Waals surface area contributed by atoms with E-state index in [4.69, 9.17) is 0 Å². The number of hydrogen-bond acceptors (Lipinski definition) is 6. The van der Waals surface area contributed by atoms with Crippen LogP contribution in [0.1, 0.15) is 31.8 Å². The molecule has 1 heterocycles. The Balaban J connectivity index is 1.81. The molecule has 0 bridgehead atoms. The van der Waals surface area contributed by atoms with Crippen LogP contribution < -0.4 is 16.0 Å². The number of carbonyl (C=O) groups excluding carboxylic acids is 2. The highest BCUT2D eigenvalue weighted by Crippen LogP contribution is 2.23. The Morgan fingerprint density at radius 3 is 2.48 bits per heavy atom. The van der Waals surface area contributed by atoms with Crippen molar-refractivity contribution in [3.8, 4) is 0 Å². The molecule has 2 aromatic carbocycles. The van der Waals surface area contributed by atoms with Crippen molar-refractivity contribution in [1.29, 1.82) is 0 Å². The Morgan fingerprint density at radius 2 is 1.81 bits per heavy atom. The summed E-state index contributed by atoms with van der Waals surface area (Å²) < 4.78 is 11.6. The molecule has 3 rings (SSSR count). The predicted octanol–water partition coefficient (Wildman–Crippen LogP) is 3.38. The zero-order chi connectivity index (χ0) is 22.5. The van der Waals surface area contributed by atoms with Gasteiger partial charge in [0, 0.05) is 35.2 Å². The quantitative estimate of drug-likeness (QED) is 0.402. The first-order valence-electron chi connectivity index (χ1n) is 9.46. The molecule has 2 amide bonds. The van der Waals surface area contributed by atoms with Gasteiger partial charge in [-0.2, -0.15) is 9.97 Å². The van der Waals surface area contributed by atoms with Crippen molar-refractivity contribution in [3.05, 3.63) is 70.9 Å². The minimum atomic E-state index is -1.36. The Morgan fingerprint density at radius 1 is 1.03 bits per heavy atom. The second kappa shape index (κ2) is 9.59. The van der Waals surface area contributed by atoms with E-state index in [1.807, 2.05) is 26.0 Å². The lowest BCUT2D eigenvalue weighted by Crippen LogP contribution is -2.18. The van der Waals surface area contributed by atoms with Gasteiger partial charge >= 0.3 is 5.16 Å². The first-order valence-corrected chi connectivity index (χ1v) is 11.0. The molecule has 0 saturated heterocycles. The highest BCUT2D eigenvalue weighted by molar-refractivity contribution is 7.90. The second-order valence-corrected chi connectivity index (χ2v) is 8.20. The van der Waals surface area contributed by atoms with Crippen LogP contribution in [0.5, 0.6) is 0 Å². The molecular weight excluding hydrogens is 414 g/mol. The Labute approximate surface area is 183 Å². The van der Waals surface area contributed by atoms with Crippen LogP contribution in [0.15, 0.2) is 53.8 Å². The standard InChI is InChI=1S/C22H23N5O3S/c1-13-6-5-7-15(10-13)20(28)25-16-9-8-14(2)18(11-16)26-21(29)17-12-24-22(31(4)30)27-19(17)23-3/h5-12H,1-4H3,(H,25,28)(H,26,29)(H,23,24,27). The third kappa shape index (κ3) is 5.39. The molecule has 9 heteroatoms. The molecule has 0 aliphatic heterocycles. The smallest absolute Gasteiger partial charge is 0.344 e. The van der Waals surface area contributed by atoms with E-state index in [-0.39, 0.29) is 22.4 Å². The fourth-order valence-corrected chi connectivity index (χ4v) is 3.30. The molecule has 0 radical (unpaired) electrons. The van der Waals surface area contributed by atoms with Gasteiger partial charge in [0.25, 0.3) is 11.8 Å². The zero-order valence-corrected chi connectivity index (χ0v) is 18.5. The van der Waals surface area contributed by atoms with E-state index in [0.29, 0.717) is 16.9 Å². The molecule has 1 aromatic heterocycles. The number of aromatic nitrogens is 2. The van der Waals surface area contributed by atoms with Crippen LogP contribution in [-0.2, 0) is 11.2 Å². The molecule has 3 N–H and O–H groups in total. The van der Waals surface area contributed by atoms with Crippen LogP contribution in [0.25, 0.3) is 0 Å². The lowest BCUT2D eigenvalue weighted by atomic mass is 10.1. The van der Waals surface area contributed by atoms with Gasteiger partial charge in [0.2, 0.25) is 0 Å². The lowest BCUT2D eigenvalue weighted by Gasteiger charge is -2.13.